The number of nitrogens with one attached hydrogen (secondary N) is 1. The summed E-state index contributed by atoms with van der Waals surface area (Å²) < 4.78 is 5.17. The standard InChI is InChI=1S/C14H21NO2S/c1-10-6-5-7-11(2)13(10)15-12(3)14(16)17-8-9-18-4/h5-7,12,15H,8-9H2,1-4H3. The molecule has 100 valence electrons. The molecule has 1 aromatic carbocycles. The highest BCUT2D eigenvalue weighted by atomic mass is 32.2. The zero-order valence-corrected chi connectivity index (χ0v) is 12.3. The number of thioether (sulfide) groups is 1. The summed E-state index contributed by atoms with van der Waals surface area (Å²) in [5.41, 5.74) is 3.30. The van der Waals surface area contributed by atoms with Gasteiger partial charge in [-0.05, 0) is 38.2 Å². The minimum absolute atomic E-state index is 0.202. The van der Waals surface area contributed by atoms with Gasteiger partial charge >= 0.3 is 5.97 Å². The van der Waals surface area contributed by atoms with Crippen LogP contribution in [0.1, 0.15) is 18.1 Å². The van der Waals surface area contributed by atoms with Crippen molar-refractivity contribution >= 4 is 23.4 Å². The molecular formula is C14H21NO2S. The number of esters is 1. The molecule has 0 saturated heterocycles. The van der Waals surface area contributed by atoms with Gasteiger partial charge in [0.1, 0.15) is 12.6 Å². The van der Waals surface area contributed by atoms with Crippen LogP contribution >= 0.6 is 11.8 Å². The molecule has 0 saturated carbocycles. The molecule has 0 spiro atoms. The van der Waals surface area contributed by atoms with Gasteiger partial charge in [-0.2, -0.15) is 11.8 Å². The lowest BCUT2D eigenvalue weighted by atomic mass is 10.1. The van der Waals surface area contributed by atoms with Gasteiger partial charge in [0.25, 0.3) is 0 Å². The van der Waals surface area contributed by atoms with Crippen LogP contribution < -0.4 is 5.32 Å². The molecule has 0 aromatic heterocycles. The summed E-state index contributed by atoms with van der Waals surface area (Å²) >= 11 is 1.67. The number of benzene rings is 1. The lowest BCUT2D eigenvalue weighted by Gasteiger charge is -2.17. The number of hydrogen-bond acceptors (Lipinski definition) is 4. The van der Waals surface area contributed by atoms with E-state index in [0.717, 1.165) is 22.6 Å². The van der Waals surface area contributed by atoms with Crippen LogP contribution in [-0.4, -0.2) is 30.6 Å². The second kappa shape index (κ2) is 7.31. The van der Waals surface area contributed by atoms with E-state index in [1.165, 1.54) is 0 Å². The molecule has 4 heteroatoms. The summed E-state index contributed by atoms with van der Waals surface area (Å²) in [4.78, 5) is 11.8. The summed E-state index contributed by atoms with van der Waals surface area (Å²) in [6.07, 6.45) is 1.99. The predicted molar refractivity (Wildman–Crippen MR) is 78.3 cm³/mol. The maximum atomic E-state index is 11.8. The minimum atomic E-state index is -0.327. The van der Waals surface area contributed by atoms with Crippen molar-refractivity contribution in [2.75, 3.05) is 23.9 Å². The minimum Gasteiger partial charge on any atom is -0.463 e. The van der Waals surface area contributed by atoms with E-state index in [0.29, 0.717) is 6.61 Å². The Balaban J connectivity index is 2.58. The molecule has 0 radical (unpaired) electrons. The van der Waals surface area contributed by atoms with E-state index in [2.05, 4.69) is 5.32 Å². The molecule has 1 rings (SSSR count). The monoisotopic (exact) mass is 267 g/mol. The van der Waals surface area contributed by atoms with Crippen LogP contribution in [0.25, 0.3) is 0 Å². The molecule has 1 unspecified atom stereocenters. The molecule has 0 heterocycles. The number of aryl methyl sites for hydroxylation is 2. The third-order valence-electron chi connectivity index (χ3n) is 2.73. The Morgan fingerprint density at radius 3 is 2.56 bits per heavy atom. The van der Waals surface area contributed by atoms with Crippen LogP contribution in [0, 0.1) is 13.8 Å². The maximum Gasteiger partial charge on any atom is 0.328 e. The number of para-hydroxylation sites is 1. The number of rotatable bonds is 6. The first-order valence-corrected chi connectivity index (χ1v) is 7.44. The largest absolute Gasteiger partial charge is 0.463 e. The first kappa shape index (κ1) is 14.9. The van der Waals surface area contributed by atoms with E-state index in [4.69, 9.17) is 4.74 Å². The molecular weight excluding hydrogens is 246 g/mol. The van der Waals surface area contributed by atoms with Crippen molar-refractivity contribution < 1.29 is 9.53 Å². The van der Waals surface area contributed by atoms with Gasteiger partial charge in [0, 0.05) is 11.4 Å². The van der Waals surface area contributed by atoms with Crippen molar-refractivity contribution in [3.63, 3.8) is 0 Å². The smallest absolute Gasteiger partial charge is 0.328 e. The Kier molecular flexibility index (Phi) is 6.05. The molecule has 0 aliphatic rings. The fraction of sp³-hybridized carbons (Fsp3) is 0.500. The van der Waals surface area contributed by atoms with E-state index in [-0.39, 0.29) is 12.0 Å². The Bertz CT molecular complexity index is 387. The normalized spacial score (nSPS) is 12.0. The average Bonchev–Trinajstić information content (AvgIpc) is 2.34. The van der Waals surface area contributed by atoms with Gasteiger partial charge in [-0.25, -0.2) is 4.79 Å². The molecule has 1 aromatic rings. The molecule has 0 amide bonds. The van der Waals surface area contributed by atoms with Crippen molar-refractivity contribution in [1.29, 1.82) is 0 Å². The summed E-state index contributed by atoms with van der Waals surface area (Å²) in [5.74, 6) is 0.633. The third-order valence-corrected chi connectivity index (χ3v) is 3.30. The summed E-state index contributed by atoms with van der Waals surface area (Å²) in [6.45, 7) is 6.36. The summed E-state index contributed by atoms with van der Waals surface area (Å²) in [6, 6.07) is 5.74. The van der Waals surface area contributed by atoms with Crippen molar-refractivity contribution in [1.82, 2.24) is 0 Å². The van der Waals surface area contributed by atoms with Crippen LogP contribution in [0.4, 0.5) is 5.69 Å². The number of hydrogen-bond donors (Lipinski definition) is 1. The molecule has 18 heavy (non-hydrogen) atoms. The van der Waals surface area contributed by atoms with E-state index in [1.54, 1.807) is 11.8 Å². The first-order chi connectivity index (χ1) is 8.56. The second-order valence-corrected chi connectivity index (χ2v) is 5.28. The quantitative estimate of drug-likeness (QED) is 0.635. The van der Waals surface area contributed by atoms with Crippen molar-refractivity contribution in [2.24, 2.45) is 0 Å². The van der Waals surface area contributed by atoms with Crippen LogP contribution in [0.3, 0.4) is 0 Å². The highest BCUT2D eigenvalue weighted by molar-refractivity contribution is 7.98. The topological polar surface area (TPSA) is 38.3 Å². The number of carbonyl (C=O) groups excluding carboxylic acids is 1. The van der Waals surface area contributed by atoms with Crippen LogP contribution in [0.2, 0.25) is 0 Å². The second-order valence-electron chi connectivity index (χ2n) is 4.29. The fourth-order valence-electron chi connectivity index (χ4n) is 1.67. The zero-order valence-electron chi connectivity index (χ0n) is 11.4. The van der Waals surface area contributed by atoms with E-state index in [9.17, 15) is 4.79 Å². The Morgan fingerprint density at radius 1 is 1.39 bits per heavy atom. The lowest BCUT2D eigenvalue weighted by Crippen LogP contribution is -2.29. The number of carbonyl (C=O) groups is 1. The molecule has 1 atom stereocenters. The van der Waals surface area contributed by atoms with E-state index >= 15 is 0 Å². The average molecular weight is 267 g/mol. The SMILES string of the molecule is CSCCOC(=O)C(C)Nc1c(C)cccc1C. The molecule has 0 aliphatic heterocycles. The van der Waals surface area contributed by atoms with Gasteiger partial charge in [0.2, 0.25) is 0 Å². The molecule has 3 nitrogen and oxygen atoms in total. The van der Waals surface area contributed by atoms with E-state index < -0.39 is 0 Å². The Labute approximate surface area is 113 Å². The summed E-state index contributed by atoms with van der Waals surface area (Å²) in [7, 11) is 0. The van der Waals surface area contributed by atoms with Gasteiger partial charge < -0.3 is 10.1 Å². The lowest BCUT2D eigenvalue weighted by molar-refractivity contribution is -0.143. The van der Waals surface area contributed by atoms with Crippen LogP contribution in [-0.2, 0) is 9.53 Å². The van der Waals surface area contributed by atoms with Gasteiger partial charge in [-0.1, -0.05) is 18.2 Å². The van der Waals surface area contributed by atoms with E-state index in [1.807, 2.05) is 45.2 Å². The summed E-state index contributed by atoms with van der Waals surface area (Å²) in [5, 5.41) is 3.22. The van der Waals surface area contributed by atoms with Crippen LogP contribution in [0.5, 0.6) is 0 Å². The molecule has 0 bridgehead atoms. The van der Waals surface area contributed by atoms with Crippen molar-refractivity contribution in [2.45, 2.75) is 26.8 Å². The maximum absolute atomic E-state index is 11.8. The fourth-order valence-corrected chi connectivity index (χ4v) is 1.92. The van der Waals surface area contributed by atoms with Gasteiger partial charge in [0.15, 0.2) is 0 Å². The number of anilines is 1. The molecule has 1 N–H and O–H groups in total. The van der Waals surface area contributed by atoms with Gasteiger partial charge in [-0.15, -0.1) is 0 Å². The first-order valence-electron chi connectivity index (χ1n) is 6.04. The van der Waals surface area contributed by atoms with Crippen molar-refractivity contribution in [3.8, 4) is 0 Å². The molecule has 0 fully saturated rings. The van der Waals surface area contributed by atoms with Gasteiger partial charge in [-0.3, -0.25) is 0 Å². The van der Waals surface area contributed by atoms with Crippen molar-refractivity contribution in [3.05, 3.63) is 29.3 Å². The van der Waals surface area contributed by atoms with Crippen LogP contribution in [0.15, 0.2) is 18.2 Å². The highest BCUT2D eigenvalue weighted by Gasteiger charge is 2.15. The third kappa shape index (κ3) is 4.26. The predicted octanol–water partition coefficient (Wildman–Crippen LogP) is 3.01. The number of ether oxygens (including phenoxy) is 1. The Hall–Kier alpha value is -1.16. The molecule has 0 aliphatic carbocycles. The highest BCUT2D eigenvalue weighted by Crippen LogP contribution is 2.20. The van der Waals surface area contributed by atoms with Gasteiger partial charge in [0.05, 0.1) is 0 Å². The Morgan fingerprint density at radius 2 is 2.00 bits per heavy atom. The zero-order chi connectivity index (χ0) is 13.5.